The standard InChI is InChI=1S/C12H9NO3S/c1-17-8-4-2-3-6-9(8)11(14)10-7(13-6)5-16-12(10)15/h2-5,13,15H,1H3. The van der Waals surface area contributed by atoms with Crippen molar-refractivity contribution in [3.05, 3.63) is 34.7 Å². The van der Waals surface area contributed by atoms with Crippen LogP contribution in [0.25, 0.3) is 21.8 Å². The van der Waals surface area contributed by atoms with Crippen LogP contribution in [0, 0.1) is 0 Å². The highest BCUT2D eigenvalue weighted by atomic mass is 32.2. The summed E-state index contributed by atoms with van der Waals surface area (Å²) >= 11 is 1.50. The summed E-state index contributed by atoms with van der Waals surface area (Å²) < 4.78 is 4.86. The molecule has 0 unspecified atom stereocenters. The van der Waals surface area contributed by atoms with Gasteiger partial charge in [-0.2, -0.15) is 0 Å². The predicted molar refractivity (Wildman–Crippen MR) is 67.8 cm³/mol. The number of nitrogens with one attached hydrogen (secondary N) is 1. The molecule has 0 aliphatic carbocycles. The molecule has 4 nitrogen and oxygen atoms in total. The van der Waals surface area contributed by atoms with E-state index in [4.69, 9.17) is 4.42 Å². The summed E-state index contributed by atoms with van der Waals surface area (Å²) in [6.07, 6.45) is 3.25. The maximum absolute atomic E-state index is 12.3. The minimum Gasteiger partial charge on any atom is -0.480 e. The van der Waals surface area contributed by atoms with E-state index in [1.807, 2.05) is 24.5 Å². The van der Waals surface area contributed by atoms with Crippen LogP contribution in [0.5, 0.6) is 5.95 Å². The highest BCUT2D eigenvalue weighted by Crippen LogP contribution is 2.28. The van der Waals surface area contributed by atoms with Crippen molar-refractivity contribution in [3.63, 3.8) is 0 Å². The van der Waals surface area contributed by atoms with Crippen molar-refractivity contribution in [2.75, 3.05) is 6.26 Å². The van der Waals surface area contributed by atoms with Gasteiger partial charge in [0.05, 0.1) is 16.4 Å². The third-order valence-corrected chi connectivity index (χ3v) is 3.52. The number of pyridine rings is 1. The Morgan fingerprint density at radius 1 is 1.29 bits per heavy atom. The maximum Gasteiger partial charge on any atom is 0.295 e. The van der Waals surface area contributed by atoms with Gasteiger partial charge in [-0.05, 0) is 18.4 Å². The fraction of sp³-hybridized carbons (Fsp3) is 0.0833. The molecule has 86 valence electrons. The van der Waals surface area contributed by atoms with Crippen molar-refractivity contribution in [1.29, 1.82) is 0 Å². The van der Waals surface area contributed by atoms with Crippen LogP contribution in [0.4, 0.5) is 0 Å². The lowest BCUT2D eigenvalue weighted by atomic mass is 10.1. The molecule has 0 saturated heterocycles. The quantitative estimate of drug-likeness (QED) is 0.649. The van der Waals surface area contributed by atoms with Gasteiger partial charge in [0.25, 0.3) is 5.95 Å². The Morgan fingerprint density at radius 2 is 2.12 bits per heavy atom. The molecule has 17 heavy (non-hydrogen) atoms. The molecule has 2 heterocycles. The summed E-state index contributed by atoms with van der Waals surface area (Å²) in [5.41, 5.74) is 1.05. The zero-order chi connectivity index (χ0) is 12.0. The van der Waals surface area contributed by atoms with E-state index in [0.717, 1.165) is 10.4 Å². The van der Waals surface area contributed by atoms with Crippen LogP contribution in [-0.2, 0) is 0 Å². The van der Waals surface area contributed by atoms with Gasteiger partial charge in [-0.1, -0.05) is 6.07 Å². The van der Waals surface area contributed by atoms with Gasteiger partial charge in [0, 0.05) is 4.90 Å². The van der Waals surface area contributed by atoms with Gasteiger partial charge in [-0.15, -0.1) is 11.8 Å². The van der Waals surface area contributed by atoms with E-state index >= 15 is 0 Å². The van der Waals surface area contributed by atoms with Crippen molar-refractivity contribution in [2.45, 2.75) is 4.90 Å². The van der Waals surface area contributed by atoms with E-state index in [0.29, 0.717) is 10.9 Å². The summed E-state index contributed by atoms with van der Waals surface area (Å²) in [5, 5.41) is 10.3. The molecule has 0 saturated carbocycles. The first-order valence-corrected chi connectivity index (χ1v) is 6.24. The van der Waals surface area contributed by atoms with Crippen LogP contribution in [0.3, 0.4) is 0 Å². The van der Waals surface area contributed by atoms with E-state index < -0.39 is 0 Å². The molecule has 3 rings (SSSR count). The van der Waals surface area contributed by atoms with Crippen LogP contribution in [0.2, 0.25) is 0 Å². The molecule has 3 aromatic rings. The molecule has 0 radical (unpaired) electrons. The molecule has 1 aromatic carbocycles. The molecule has 2 N–H and O–H groups in total. The molecule has 0 spiro atoms. The minimum absolute atomic E-state index is 0.204. The Bertz CT molecular complexity index is 772. The van der Waals surface area contributed by atoms with Crippen molar-refractivity contribution in [3.8, 4) is 5.95 Å². The number of hydrogen-bond acceptors (Lipinski definition) is 4. The van der Waals surface area contributed by atoms with Gasteiger partial charge in [-0.3, -0.25) is 4.79 Å². The van der Waals surface area contributed by atoms with Crippen molar-refractivity contribution < 1.29 is 9.52 Å². The molecule has 0 atom stereocenters. The predicted octanol–water partition coefficient (Wildman–Crippen LogP) is 2.70. The SMILES string of the molecule is CSc1cccc2[nH]c3coc(O)c3c(=O)c12. The lowest BCUT2D eigenvalue weighted by Gasteiger charge is -2.03. The lowest BCUT2D eigenvalue weighted by Crippen LogP contribution is -2.03. The maximum atomic E-state index is 12.3. The van der Waals surface area contributed by atoms with Gasteiger partial charge in [-0.25, -0.2) is 0 Å². The first-order chi connectivity index (χ1) is 8.22. The average Bonchev–Trinajstić information content (AvgIpc) is 2.70. The fourth-order valence-corrected chi connectivity index (χ4v) is 2.59. The number of aromatic hydroxyl groups is 1. The molecular weight excluding hydrogens is 238 g/mol. The number of hydrogen-bond donors (Lipinski definition) is 2. The number of fused-ring (bicyclic) bond motifs is 2. The highest BCUT2D eigenvalue weighted by Gasteiger charge is 2.14. The Morgan fingerprint density at radius 3 is 2.88 bits per heavy atom. The Kier molecular flexibility index (Phi) is 2.16. The van der Waals surface area contributed by atoms with Crippen LogP contribution in [0.1, 0.15) is 0 Å². The molecule has 2 aromatic heterocycles. The zero-order valence-corrected chi connectivity index (χ0v) is 9.80. The van der Waals surface area contributed by atoms with Crippen molar-refractivity contribution in [1.82, 2.24) is 4.98 Å². The highest BCUT2D eigenvalue weighted by molar-refractivity contribution is 7.98. The third kappa shape index (κ3) is 1.36. The lowest BCUT2D eigenvalue weighted by molar-refractivity contribution is 0.337. The number of benzene rings is 1. The van der Waals surface area contributed by atoms with Gasteiger partial charge in [0.1, 0.15) is 11.6 Å². The molecule has 0 amide bonds. The summed E-state index contributed by atoms with van der Waals surface area (Å²) in [4.78, 5) is 16.3. The topological polar surface area (TPSA) is 66.2 Å². The smallest absolute Gasteiger partial charge is 0.295 e. The van der Waals surface area contributed by atoms with Crippen LogP contribution >= 0.6 is 11.8 Å². The summed E-state index contributed by atoms with van der Waals surface area (Å²) in [6.45, 7) is 0. The summed E-state index contributed by atoms with van der Waals surface area (Å²) in [5.74, 6) is -0.334. The zero-order valence-electron chi connectivity index (χ0n) is 8.98. The number of rotatable bonds is 1. The van der Waals surface area contributed by atoms with E-state index in [1.54, 1.807) is 0 Å². The number of aromatic nitrogens is 1. The first-order valence-electron chi connectivity index (χ1n) is 5.01. The largest absolute Gasteiger partial charge is 0.480 e. The van der Waals surface area contributed by atoms with Crippen LogP contribution in [-0.4, -0.2) is 16.3 Å². The Balaban J connectivity index is 2.63. The number of furan rings is 1. The van der Waals surface area contributed by atoms with Crippen LogP contribution < -0.4 is 5.43 Å². The molecule has 0 bridgehead atoms. The van der Waals surface area contributed by atoms with E-state index in [-0.39, 0.29) is 16.8 Å². The Labute approximate surface area is 100 Å². The normalized spacial score (nSPS) is 11.4. The first kappa shape index (κ1) is 10.3. The average molecular weight is 247 g/mol. The second kappa shape index (κ2) is 3.56. The van der Waals surface area contributed by atoms with Gasteiger partial charge in [0.15, 0.2) is 0 Å². The molecule has 0 aliphatic rings. The second-order valence-corrected chi connectivity index (χ2v) is 4.51. The molecule has 0 fully saturated rings. The van der Waals surface area contributed by atoms with Gasteiger partial charge >= 0.3 is 0 Å². The summed E-state index contributed by atoms with van der Waals surface area (Å²) in [7, 11) is 0. The number of aromatic amines is 1. The minimum atomic E-state index is -0.334. The monoisotopic (exact) mass is 247 g/mol. The molecular formula is C12H9NO3S. The number of H-pyrrole nitrogens is 1. The van der Waals surface area contributed by atoms with Crippen molar-refractivity contribution >= 4 is 33.6 Å². The second-order valence-electron chi connectivity index (χ2n) is 3.67. The van der Waals surface area contributed by atoms with Gasteiger partial charge < -0.3 is 14.5 Å². The third-order valence-electron chi connectivity index (χ3n) is 2.74. The number of thioether (sulfide) groups is 1. The molecule has 5 heteroatoms. The fourth-order valence-electron chi connectivity index (χ4n) is 1.97. The Hall–Kier alpha value is -1.88. The van der Waals surface area contributed by atoms with E-state index in [1.165, 1.54) is 18.0 Å². The summed E-state index contributed by atoms with van der Waals surface area (Å²) in [6, 6.07) is 5.60. The van der Waals surface area contributed by atoms with Crippen molar-refractivity contribution in [2.24, 2.45) is 0 Å². The van der Waals surface area contributed by atoms with Crippen LogP contribution in [0.15, 0.2) is 38.6 Å². The molecule has 0 aliphatic heterocycles. The van der Waals surface area contributed by atoms with Gasteiger partial charge in [0.2, 0.25) is 5.43 Å². The van der Waals surface area contributed by atoms with E-state index in [9.17, 15) is 9.90 Å². The van der Waals surface area contributed by atoms with E-state index in [2.05, 4.69) is 4.98 Å².